The van der Waals surface area contributed by atoms with Crippen molar-refractivity contribution >= 4 is 5.97 Å². The van der Waals surface area contributed by atoms with E-state index in [9.17, 15) is 9.90 Å². The molecule has 208 valence electrons. The van der Waals surface area contributed by atoms with Gasteiger partial charge < -0.3 is 19.7 Å². The smallest absolute Gasteiger partial charge is 0.344 e. The van der Waals surface area contributed by atoms with Crippen LogP contribution in [0.5, 0.6) is 5.75 Å². The average molecular weight is 515 g/mol. The number of carbonyl (C=O) groups excluding carboxylic acids is 1. The van der Waals surface area contributed by atoms with Crippen molar-refractivity contribution in [2.45, 2.75) is 112 Å². The molecule has 2 aromatic carbocycles. The monoisotopic (exact) mass is 514 g/mol. The van der Waals surface area contributed by atoms with E-state index in [1.165, 1.54) is 16.7 Å². The highest BCUT2D eigenvalue weighted by molar-refractivity contribution is 5.71. The lowest BCUT2D eigenvalue weighted by atomic mass is 9.93. The minimum Gasteiger partial charge on any atom is -0.482 e. The van der Waals surface area contributed by atoms with Crippen molar-refractivity contribution < 1.29 is 24.5 Å². The highest BCUT2D eigenvalue weighted by Gasteiger charge is 2.13. The molecule has 5 nitrogen and oxygen atoms in total. The second-order valence-electron chi connectivity index (χ2n) is 10.0. The van der Waals surface area contributed by atoms with Crippen LogP contribution >= 0.6 is 0 Å². The molecule has 0 aromatic heterocycles. The van der Waals surface area contributed by atoms with Crippen LogP contribution in [-0.4, -0.2) is 41.6 Å². The van der Waals surface area contributed by atoms with E-state index in [4.69, 9.17) is 14.6 Å². The molecule has 2 atom stereocenters. The SMILES string of the molecule is CC.Cc1cc(OCC(=O)OC(C)CCCC(O)CCCCO)cc(C)c1Cc1cccc(C(C)C)c1. The van der Waals surface area contributed by atoms with E-state index < -0.39 is 0 Å². The molecule has 0 aliphatic heterocycles. The number of hydrogen-bond acceptors (Lipinski definition) is 5. The van der Waals surface area contributed by atoms with Crippen molar-refractivity contribution in [3.05, 3.63) is 64.2 Å². The Balaban J connectivity index is 0.00000334. The van der Waals surface area contributed by atoms with Crippen molar-refractivity contribution in [1.82, 2.24) is 0 Å². The van der Waals surface area contributed by atoms with Gasteiger partial charge in [0.05, 0.1) is 12.2 Å². The van der Waals surface area contributed by atoms with Crippen LogP contribution in [0.3, 0.4) is 0 Å². The molecule has 2 rings (SSSR count). The number of esters is 1. The van der Waals surface area contributed by atoms with Crippen LogP contribution in [0.2, 0.25) is 0 Å². The third kappa shape index (κ3) is 12.6. The summed E-state index contributed by atoms with van der Waals surface area (Å²) in [6.45, 7) is 14.5. The number of rotatable bonds is 15. The van der Waals surface area contributed by atoms with Crippen LogP contribution in [0, 0.1) is 13.8 Å². The van der Waals surface area contributed by atoms with Crippen molar-refractivity contribution in [2.75, 3.05) is 13.2 Å². The molecule has 0 bridgehead atoms. The van der Waals surface area contributed by atoms with Gasteiger partial charge in [0, 0.05) is 6.61 Å². The van der Waals surface area contributed by atoms with E-state index in [1.54, 1.807) is 0 Å². The van der Waals surface area contributed by atoms with Gasteiger partial charge >= 0.3 is 5.97 Å². The molecule has 2 aromatic rings. The van der Waals surface area contributed by atoms with Crippen LogP contribution in [0.4, 0.5) is 0 Å². The fourth-order valence-electron chi connectivity index (χ4n) is 4.32. The quantitative estimate of drug-likeness (QED) is 0.197. The highest BCUT2D eigenvalue weighted by atomic mass is 16.6. The Kier molecular flexibility index (Phi) is 15.9. The maximum atomic E-state index is 12.2. The Labute approximate surface area is 225 Å². The van der Waals surface area contributed by atoms with E-state index in [0.29, 0.717) is 30.9 Å². The second-order valence-corrected chi connectivity index (χ2v) is 10.0. The maximum absolute atomic E-state index is 12.2. The molecule has 0 heterocycles. The zero-order chi connectivity index (χ0) is 27.8. The van der Waals surface area contributed by atoms with Gasteiger partial charge in [-0.3, -0.25) is 0 Å². The van der Waals surface area contributed by atoms with Crippen molar-refractivity contribution in [2.24, 2.45) is 0 Å². The molecular weight excluding hydrogens is 464 g/mol. The minimum absolute atomic E-state index is 0.122. The van der Waals surface area contributed by atoms with Crippen molar-refractivity contribution in [1.29, 1.82) is 0 Å². The third-order valence-electron chi connectivity index (χ3n) is 6.45. The summed E-state index contributed by atoms with van der Waals surface area (Å²) >= 11 is 0. The molecule has 0 aliphatic rings. The van der Waals surface area contributed by atoms with E-state index in [2.05, 4.69) is 52.0 Å². The number of ether oxygens (including phenoxy) is 2. The first kappa shape index (κ1) is 32.7. The summed E-state index contributed by atoms with van der Waals surface area (Å²) < 4.78 is 11.2. The Morgan fingerprint density at radius 3 is 2.19 bits per heavy atom. The molecule has 0 fully saturated rings. The Bertz CT molecular complexity index is 898. The number of unbranched alkanes of at least 4 members (excludes halogenated alkanes) is 1. The Hall–Kier alpha value is -2.37. The number of aryl methyl sites for hydroxylation is 2. The number of hydrogen-bond donors (Lipinski definition) is 2. The second kappa shape index (κ2) is 18.0. The topological polar surface area (TPSA) is 76.0 Å². The van der Waals surface area contributed by atoms with E-state index in [1.807, 2.05) is 32.9 Å². The minimum atomic E-state index is -0.383. The zero-order valence-electron chi connectivity index (χ0n) is 24.2. The molecule has 2 N–H and O–H groups in total. The normalized spacial score (nSPS) is 12.5. The molecule has 5 heteroatoms. The molecule has 0 saturated heterocycles. The first-order valence-corrected chi connectivity index (χ1v) is 14.0. The summed E-state index contributed by atoms with van der Waals surface area (Å²) in [5.74, 6) is 0.797. The van der Waals surface area contributed by atoms with Gasteiger partial charge in [-0.05, 0) is 112 Å². The first-order valence-electron chi connectivity index (χ1n) is 14.0. The Morgan fingerprint density at radius 1 is 0.919 bits per heavy atom. The molecule has 0 aliphatic carbocycles. The standard InChI is InChI=1S/C30H44O5.C2H6/c1-21(2)26-12-9-11-25(18-26)19-29-22(3)16-28(17-23(29)4)34-20-30(33)35-24(5)10-8-14-27(32)13-6-7-15-31;1-2/h9,11-12,16-18,21,24,27,31-32H,6-8,10,13-15,19-20H2,1-5H3;1-2H3. The number of carbonyl (C=O) groups is 1. The third-order valence-corrected chi connectivity index (χ3v) is 6.45. The van der Waals surface area contributed by atoms with Crippen LogP contribution < -0.4 is 4.74 Å². The van der Waals surface area contributed by atoms with Gasteiger partial charge in [0.15, 0.2) is 6.61 Å². The fraction of sp³-hybridized carbons (Fsp3) is 0.594. The van der Waals surface area contributed by atoms with Gasteiger partial charge in [0.1, 0.15) is 5.75 Å². The predicted octanol–water partition coefficient (Wildman–Crippen LogP) is 7.05. The van der Waals surface area contributed by atoms with E-state index >= 15 is 0 Å². The van der Waals surface area contributed by atoms with Crippen LogP contribution in [0.25, 0.3) is 0 Å². The van der Waals surface area contributed by atoms with Crippen LogP contribution in [0.15, 0.2) is 36.4 Å². The molecule has 37 heavy (non-hydrogen) atoms. The molecule has 0 amide bonds. The van der Waals surface area contributed by atoms with Crippen molar-refractivity contribution in [3.63, 3.8) is 0 Å². The summed E-state index contributed by atoms with van der Waals surface area (Å²) in [4.78, 5) is 12.2. The lowest BCUT2D eigenvalue weighted by molar-refractivity contribution is -0.151. The summed E-state index contributed by atoms with van der Waals surface area (Å²) in [5, 5.41) is 18.8. The van der Waals surface area contributed by atoms with Gasteiger partial charge in [-0.25, -0.2) is 4.79 Å². The zero-order valence-corrected chi connectivity index (χ0v) is 24.2. The van der Waals surface area contributed by atoms with Gasteiger partial charge in [-0.1, -0.05) is 52.0 Å². The molecule has 0 spiro atoms. The lowest BCUT2D eigenvalue weighted by Crippen LogP contribution is -2.21. The largest absolute Gasteiger partial charge is 0.482 e. The van der Waals surface area contributed by atoms with Gasteiger partial charge in [0.25, 0.3) is 0 Å². The fourth-order valence-corrected chi connectivity index (χ4v) is 4.32. The first-order chi connectivity index (χ1) is 17.7. The summed E-state index contributed by atoms with van der Waals surface area (Å²) in [5.41, 5.74) is 6.22. The van der Waals surface area contributed by atoms with Crippen LogP contribution in [-0.2, 0) is 16.0 Å². The number of aliphatic hydroxyl groups excluding tert-OH is 2. The number of benzene rings is 2. The van der Waals surface area contributed by atoms with Gasteiger partial charge in [-0.15, -0.1) is 0 Å². The van der Waals surface area contributed by atoms with E-state index in [-0.39, 0.29) is 31.4 Å². The summed E-state index contributed by atoms with van der Waals surface area (Å²) in [7, 11) is 0. The van der Waals surface area contributed by atoms with Gasteiger partial charge in [-0.2, -0.15) is 0 Å². The predicted molar refractivity (Wildman–Crippen MR) is 152 cm³/mol. The molecule has 0 saturated carbocycles. The molecule has 2 unspecified atom stereocenters. The summed E-state index contributed by atoms with van der Waals surface area (Å²) in [6, 6.07) is 12.7. The Morgan fingerprint density at radius 2 is 1.57 bits per heavy atom. The van der Waals surface area contributed by atoms with Crippen LogP contribution in [0.1, 0.15) is 107 Å². The summed E-state index contributed by atoms with van der Waals surface area (Å²) in [6.07, 6.45) is 4.70. The molecule has 0 radical (unpaired) electrons. The van der Waals surface area contributed by atoms with E-state index in [0.717, 1.165) is 36.8 Å². The van der Waals surface area contributed by atoms with Gasteiger partial charge in [0.2, 0.25) is 0 Å². The lowest BCUT2D eigenvalue weighted by Gasteiger charge is -2.16. The van der Waals surface area contributed by atoms with Crippen molar-refractivity contribution in [3.8, 4) is 5.75 Å². The maximum Gasteiger partial charge on any atom is 0.344 e. The molecular formula is C32H50O5. The number of aliphatic hydroxyl groups is 2. The highest BCUT2D eigenvalue weighted by Crippen LogP contribution is 2.26. The average Bonchev–Trinajstić information content (AvgIpc) is 2.86.